The first-order chi connectivity index (χ1) is 12.6. The van der Waals surface area contributed by atoms with Gasteiger partial charge in [-0.05, 0) is 44.2 Å². The van der Waals surface area contributed by atoms with Crippen LogP contribution in [0.2, 0.25) is 0 Å². The molecule has 26 heavy (non-hydrogen) atoms. The second-order valence-corrected chi connectivity index (χ2v) is 8.23. The maximum absolute atomic E-state index is 14.6. The number of hydrogen-bond donors (Lipinski definition) is 0. The smallest absolute Gasteiger partial charge is 0.260 e. The number of rotatable bonds is 3. The molecule has 5 nitrogen and oxygen atoms in total. The summed E-state index contributed by atoms with van der Waals surface area (Å²) >= 11 is 0. The Morgan fingerprint density at radius 1 is 1.19 bits per heavy atom. The third-order valence-corrected chi connectivity index (χ3v) is 6.11. The average Bonchev–Trinajstić information content (AvgIpc) is 2.82. The van der Waals surface area contributed by atoms with Crippen molar-refractivity contribution in [2.75, 3.05) is 39.4 Å². The average molecular weight is 361 g/mol. The van der Waals surface area contributed by atoms with Crippen molar-refractivity contribution in [2.24, 2.45) is 5.41 Å². The van der Waals surface area contributed by atoms with Gasteiger partial charge >= 0.3 is 0 Å². The summed E-state index contributed by atoms with van der Waals surface area (Å²) in [5.74, 6) is -0.289. The van der Waals surface area contributed by atoms with Crippen molar-refractivity contribution in [3.8, 4) is 0 Å². The van der Waals surface area contributed by atoms with E-state index in [1.807, 2.05) is 24.4 Å². The molecule has 4 rings (SSSR count). The minimum absolute atomic E-state index is 0.0979. The van der Waals surface area contributed by atoms with Crippen molar-refractivity contribution in [1.82, 2.24) is 14.8 Å². The van der Waals surface area contributed by atoms with Crippen molar-refractivity contribution in [1.29, 1.82) is 0 Å². The maximum Gasteiger partial charge on any atom is 0.260 e. The van der Waals surface area contributed by atoms with Crippen LogP contribution in [0, 0.1) is 5.41 Å². The number of likely N-dealkylation sites (tertiary alicyclic amines) is 1. The van der Waals surface area contributed by atoms with Crippen LogP contribution in [0.15, 0.2) is 24.4 Å². The number of piperidine rings is 1. The Bertz CT molecular complexity index is 637. The molecule has 1 amide bonds. The van der Waals surface area contributed by atoms with Crippen LogP contribution in [0.3, 0.4) is 0 Å². The van der Waals surface area contributed by atoms with E-state index in [1.54, 1.807) is 4.90 Å². The summed E-state index contributed by atoms with van der Waals surface area (Å²) in [6.45, 7) is 5.13. The van der Waals surface area contributed by atoms with Gasteiger partial charge in [0.15, 0.2) is 5.67 Å². The predicted molar refractivity (Wildman–Crippen MR) is 96.3 cm³/mol. The topological polar surface area (TPSA) is 45.7 Å². The first-order valence-electron chi connectivity index (χ1n) is 9.77. The fraction of sp³-hybridized carbons (Fsp3) is 0.700. The lowest BCUT2D eigenvalue weighted by molar-refractivity contribution is -0.154. The molecule has 1 atom stereocenters. The predicted octanol–water partition coefficient (Wildman–Crippen LogP) is 2.41. The zero-order chi connectivity index (χ0) is 18.0. The van der Waals surface area contributed by atoms with E-state index in [1.165, 1.54) is 0 Å². The van der Waals surface area contributed by atoms with E-state index in [2.05, 4.69) is 9.88 Å². The summed E-state index contributed by atoms with van der Waals surface area (Å²) in [6.07, 6.45) is 5.36. The van der Waals surface area contributed by atoms with Gasteiger partial charge in [-0.1, -0.05) is 6.07 Å². The first kappa shape index (κ1) is 17.9. The molecule has 0 N–H and O–H groups in total. The van der Waals surface area contributed by atoms with Crippen LogP contribution < -0.4 is 0 Å². The molecule has 1 aliphatic carbocycles. The third kappa shape index (κ3) is 3.62. The molecule has 6 heteroatoms. The van der Waals surface area contributed by atoms with E-state index in [0.717, 1.165) is 44.6 Å². The molecular weight excluding hydrogens is 333 g/mol. The molecule has 0 aromatic carbocycles. The second kappa shape index (κ2) is 7.24. The molecule has 142 valence electrons. The van der Waals surface area contributed by atoms with E-state index in [0.29, 0.717) is 39.1 Å². The van der Waals surface area contributed by atoms with E-state index in [4.69, 9.17) is 4.74 Å². The van der Waals surface area contributed by atoms with Gasteiger partial charge in [-0.2, -0.15) is 0 Å². The molecule has 1 unspecified atom stereocenters. The van der Waals surface area contributed by atoms with Gasteiger partial charge in [0.25, 0.3) is 5.91 Å². The summed E-state index contributed by atoms with van der Waals surface area (Å²) < 4.78 is 20.6. The van der Waals surface area contributed by atoms with Gasteiger partial charge in [-0.15, -0.1) is 0 Å². The molecule has 0 radical (unpaired) electrons. The van der Waals surface area contributed by atoms with Gasteiger partial charge in [-0.3, -0.25) is 14.7 Å². The van der Waals surface area contributed by atoms with Gasteiger partial charge in [0.2, 0.25) is 0 Å². The molecule has 1 aromatic rings. The zero-order valence-corrected chi connectivity index (χ0v) is 15.3. The Hall–Kier alpha value is -1.53. The minimum Gasteiger partial charge on any atom is -0.379 e. The summed E-state index contributed by atoms with van der Waals surface area (Å²) in [6, 6.07) is 5.97. The van der Waals surface area contributed by atoms with Crippen LogP contribution in [-0.4, -0.2) is 65.8 Å². The third-order valence-electron chi connectivity index (χ3n) is 6.11. The van der Waals surface area contributed by atoms with E-state index in [-0.39, 0.29) is 11.3 Å². The Labute approximate surface area is 154 Å². The van der Waals surface area contributed by atoms with Crippen molar-refractivity contribution in [3.05, 3.63) is 30.1 Å². The highest BCUT2D eigenvalue weighted by Gasteiger charge is 2.49. The lowest BCUT2D eigenvalue weighted by Crippen LogP contribution is -2.57. The standard InChI is InChI=1S/C20H28FN3O2/c21-20(7-3-8-20)18(25)24-10-4-6-19(15-24)14-23(11-12-26-16-19)13-17-5-1-2-9-22-17/h1-2,5,9H,3-4,6-8,10-16H2. The number of alkyl halides is 1. The lowest BCUT2D eigenvalue weighted by Gasteiger charge is -2.46. The molecule has 1 spiro atoms. The molecule has 2 saturated heterocycles. The Balaban J connectivity index is 1.45. The van der Waals surface area contributed by atoms with Gasteiger partial charge in [0.1, 0.15) is 0 Å². The van der Waals surface area contributed by atoms with E-state index in [9.17, 15) is 9.18 Å². The SMILES string of the molecule is O=C(N1CCCC2(COCCN(Cc3ccccn3)C2)C1)C1(F)CCC1. The second-order valence-electron chi connectivity index (χ2n) is 8.23. The normalized spacial score (nSPS) is 29.2. The van der Waals surface area contributed by atoms with Gasteiger partial charge < -0.3 is 9.64 Å². The largest absolute Gasteiger partial charge is 0.379 e. The molecule has 1 aromatic heterocycles. The fourth-order valence-electron chi connectivity index (χ4n) is 4.55. The van der Waals surface area contributed by atoms with Crippen LogP contribution in [0.5, 0.6) is 0 Å². The van der Waals surface area contributed by atoms with E-state index >= 15 is 0 Å². The fourth-order valence-corrected chi connectivity index (χ4v) is 4.55. The molecule has 1 saturated carbocycles. The number of hydrogen-bond acceptors (Lipinski definition) is 4. The summed E-state index contributed by atoms with van der Waals surface area (Å²) in [5.41, 5.74) is -0.651. The Morgan fingerprint density at radius 3 is 2.81 bits per heavy atom. The van der Waals surface area contributed by atoms with Gasteiger partial charge in [-0.25, -0.2) is 4.39 Å². The lowest BCUT2D eigenvalue weighted by atomic mass is 9.77. The van der Waals surface area contributed by atoms with Crippen LogP contribution >= 0.6 is 0 Å². The van der Waals surface area contributed by atoms with Crippen molar-refractivity contribution < 1.29 is 13.9 Å². The van der Waals surface area contributed by atoms with Crippen LogP contribution in [0.25, 0.3) is 0 Å². The molecular formula is C20H28FN3O2. The number of halogens is 1. The molecule has 2 aliphatic heterocycles. The van der Waals surface area contributed by atoms with Crippen LogP contribution in [0.4, 0.5) is 4.39 Å². The molecule has 3 heterocycles. The first-order valence-corrected chi connectivity index (χ1v) is 9.77. The van der Waals surface area contributed by atoms with Crippen molar-refractivity contribution in [2.45, 2.75) is 44.3 Å². The highest BCUT2D eigenvalue weighted by atomic mass is 19.1. The highest BCUT2D eigenvalue weighted by Crippen LogP contribution is 2.40. The number of aromatic nitrogens is 1. The number of carbonyl (C=O) groups is 1. The van der Waals surface area contributed by atoms with Gasteiger partial charge in [0.05, 0.1) is 18.9 Å². The number of amides is 1. The molecule has 3 fully saturated rings. The number of carbonyl (C=O) groups excluding carboxylic acids is 1. The van der Waals surface area contributed by atoms with Crippen molar-refractivity contribution in [3.63, 3.8) is 0 Å². The van der Waals surface area contributed by atoms with Crippen LogP contribution in [-0.2, 0) is 16.1 Å². The Morgan fingerprint density at radius 2 is 2.08 bits per heavy atom. The summed E-state index contributed by atoms with van der Waals surface area (Å²) in [7, 11) is 0. The summed E-state index contributed by atoms with van der Waals surface area (Å²) in [5, 5.41) is 0. The highest BCUT2D eigenvalue weighted by molar-refractivity contribution is 5.86. The van der Waals surface area contributed by atoms with Gasteiger partial charge in [0, 0.05) is 44.3 Å². The number of pyridine rings is 1. The maximum atomic E-state index is 14.6. The molecule has 0 bridgehead atoms. The zero-order valence-electron chi connectivity index (χ0n) is 15.3. The van der Waals surface area contributed by atoms with Crippen LogP contribution in [0.1, 0.15) is 37.8 Å². The number of nitrogens with zero attached hydrogens (tertiary/aromatic N) is 3. The summed E-state index contributed by atoms with van der Waals surface area (Å²) in [4.78, 5) is 21.3. The number of ether oxygens (including phenoxy) is 1. The van der Waals surface area contributed by atoms with E-state index < -0.39 is 5.67 Å². The quantitative estimate of drug-likeness (QED) is 0.829. The monoisotopic (exact) mass is 361 g/mol. The van der Waals surface area contributed by atoms with Crippen molar-refractivity contribution >= 4 is 5.91 Å². The minimum atomic E-state index is -1.60. The molecule has 3 aliphatic rings. The Kier molecular flexibility index (Phi) is 4.97.